The van der Waals surface area contributed by atoms with Gasteiger partial charge in [0.05, 0.1) is 5.75 Å². The summed E-state index contributed by atoms with van der Waals surface area (Å²) in [6, 6.07) is 5.70. The molecule has 1 aromatic carbocycles. The summed E-state index contributed by atoms with van der Waals surface area (Å²) in [5.41, 5.74) is -0.322. The minimum atomic E-state index is -1.27. The third-order valence-corrected chi connectivity index (χ3v) is 3.35. The minimum absolute atomic E-state index is 0.0429. The Labute approximate surface area is 123 Å². The number of amides is 1. The van der Waals surface area contributed by atoms with Gasteiger partial charge in [-0.2, -0.15) is 0 Å². The SMILES string of the molecule is O=C(CSc1ccc(F)cc1)Nc1nccnc1C(=O)O. The second-order valence-corrected chi connectivity index (χ2v) is 4.90. The monoisotopic (exact) mass is 307 g/mol. The van der Waals surface area contributed by atoms with Crippen molar-refractivity contribution in [3.05, 3.63) is 48.2 Å². The van der Waals surface area contributed by atoms with E-state index in [4.69, 9.17) is 5.11 Å². The highest BCUT2D eigenvalue weighted by Crippen LogP contribution is 2.18. The van der Waals surface area contributed by atoms with Gasteiger partial charge in [0, 0.05) is 17.3 Å². The zero-order chi connectivity index (χ0) is 15.2. The molecule has 0 saturated heterocycles. The summed E-state index contributed by atoms with van der Waals surface area (Å²) in [7, 11) is 0. The molecule has 0 aliphatic heterocycles. The normalized spacial score (nSPS) is 10.1. The van der Waals surface area contributed by atoms with Gasteiger partial charge in [-0.1, -0.05) is 0 Å². The van der Waals surface area contributed by atoms with Gasteiger partial charge < -0.3 is 10.4 Å². The smallest absolute Gasteiger partial charge is 0.358 e. The van der Waals surface area contributed by atoms with E-state index in [2.05, 4.69) is 15.3 Å². The lowest BCUT2D eigenvalue weighted by atomic mass is 10.4. The molecule has 2 rings (SSSR count). The molecule has 1 heterocycles. The van der Waals surface area contributed by atoms with Gasteiger partial charge in [0.1, 0.15) is 5.82 Å². The zero-order valence-electron chi connectivity index (χ0n) is 10.6. The summed E-state index contributed by atoms with van der Waals surface area (Å²) < 4.78 is 12.7. The second-order valence-electron chi connectivity index (χ2n) is 3.85. The Hall–Kier alpha value is -2.48. The number of hydrogen-bond donors (Lipinski definition) is 2. The van der Waals surface area contributed by atoms with Crippen molar-refractivity contribution in [3.63, 3.8) is 0 Å². The van der Waals surface area contributed by atoms with E-state index in [9.17, 15) is 14.0 Å². The van der Waals surface area contributed by atoms with E-state index in [0.717, 1.165) is 4.90 Å². The first-order valence-corrected chi connectivity index (χ1v) is 6.77. The van der Waals surface area contributed by atoms with Crippen LogP contribution in [0.4, 0.5) is 10.2 Å². The van der Waals surface area contributed by atoms with Gasteiger partial charge in [-0.3, -0.25) is 4.79 Å². The fraction of sp³-hybridized carbons (Fsp3) is 0.0769. The van der Waals surface area contributed by atoms with Gasteiger partial charge in [0.15, 0.2) is 11.5 Å². The van der Waals surface area contributed by atoms with Gasteiger partial charge in [-0.15, -0.1) is 11.8 Å². The molecule has 0 radical (unpaired) electrons. The first-order valence-electron chi connectivity index (χ1n) is 5.79. The van der Waals surface area contributed by atoms with E-state index < -0.39 is 11.9 Å². The zero-order valence-corrected chi connectivity index (χ0v) is 11.4. The summed E-state index contributed by atoms with van der Waals surface area (Å²) in [4.78, 5) is 30.8. The van der Waals surface area contributed by atoms with Gasteiger partial charge in [-0.05, 0) is 24.3 Å². The molecule has 21 heavy (non-hydrogen) atoms. The first kappa shape index (κ1) is 14.9. The quantitative estimate of drug-likeness (QED) is 0.821. The molecule has 0 aliphatic carbocycles. The van der Waals surface area contributed by atoms with E-state index in [0.29, 0.717) is 0 Å². The number of carbonyl (C=O) groups excluding carboxylic acids is 1. The summed E-state index contributed by atoms with van der Waals surface area (Å²) in [6.07, 6.45) is 2.52. The summed E-state index contributed by atoms with van der Waals surface area (Å²) in [6.45, 7) is 0. The van der Waals surface area contributed by atoms with Crippen molar-refractivity contribution in [1.82, 2.24) is 9.97 Å². The molecule has 0 atom stereocenters. The fourth-order valence-corrected chi connectivity index (χ4v) is 2.13. The van der Waals surface area contributed by atoms with Crippen LogP contribution in [-0.2, 0) is 4.79 Å². The lowest BCUT2D eigenvalue weighted by Gasteiger charge is -2.06. The van der Waals surface area contributed by atoms with Crippen LogP contribution in [0.15, 0.2) is 41.6 Å². The molecule has 1 amide bonds. The van der Waals surface area contributed by atoms with Crippen LogP contribution in [0.5, 0.6) is 0 Å². The first-order chi connectivity index (χ1) is 10.1. The van der Waals surface area contributed by atoms with Crippen LogP contribution in [0.1, 0.15) is 10.5 Å². The van der Waals surface area contributed by atoms with Crippen molar-refractivity contribution in [3.8, 4) is 0 Å². The third kappa shape index (κ3) is 4.25. The highest BCUT2D eigenvalue weighted by atomic mass is 32.2. The Morgan fingerprint density at radius 2 is 1.86 bits per heavy atom. The average Bonchev–Trinajstić information content (AvgIpc) is 2.47. The number of aromatic carboxylic acids is 1. The van der Waals surface area contributed by atoms with E-state index in [1.807, 2.05) is 0 Å². The van der Waals surface area contributed by atoms with Crippen molar-refractivity contribution >= 4 is 29.5 Å². The molecule has 108 valence electrons. The molecular weight excluding hydrogens is 297 g/mol. The maximum Gasteiger partial charge on any atom is 0.358 e. The Morgan fingerprint density at radius 1 is 1.19 bits per heavy atom. The number of nitrogens with one attached hydrogen (secondary N) is 1. The van der Waals surface area contributed by atoms with Crippen LogP contribution in [0, 0.1) is 5.82 Å². The molecule has 0 saturated carbocycles. The Morgan fingerprint density at radius 3 is 2.52 bits per heavy atom. The molecule has 2 N–H and O–H groups in total. The predicted octanol–water partition coefficient (Wildman–Crippen LogP) is 2.04. The molecular formula is C13H10FN3O3S. The standard InChI is InChI=1S/C13H10FN3O3S/c14-8-1-3-9(4-2-8)21-7-10(18)17-12-11(13(19)20)15-5-6-16-12/h1-6H,7H2,(H,19,20)(H,16,17,18). The molecule has 0 fully saturated rings. The van der Waals surface area contributed by atoms with E-state index in [-0.39, 0.29) is 23.1 Å². The average molecular weight is 307 g/mol. The fourth-order valence-electron chi connectivity index (χ4n) is 1.43. The maximum absolute atomic E-state index is 12.7. The molecule has 0 spiro atoms. The molecule has 1 aromatic heterocycles. The van der Waals surface area contributed by atoms with E-state index >= 15 is 0 Å². The van der Waals surface area contributed by atoms with Crippen LogP contribution >= 0.6 is 11.8 Å². The highest BCUT2D eigenvalue weighted by Gasteiger charge is 2.15. The van der Waals surface area contributed by atoms with Crippen molar-refractivity contribution in [2.45, 2.75) is 4.90 Å². The molecule has 0 unspecified atom stereocenters. The Bertz CT molecular complexity index is 664. The molecule has 8 heteroatoms. The lowest BCUT2D eigenvalue weighted by molar-refractivity contribution is -0.113. The number of thioether (sulfide) groups is 1. The van der Waals surface area contributed by atoms with Crippen LogP contribution in [0.3, 0.4) is 0 Å². The van der Waals surface area contributed by atoms with Crippen LogP contribution < -0.4 is 5.32 Å². The van der Waals surface area contributed by atoms with Gasteiger partial charge >= 0.3 is 5.97 Å². The Kier molecular flexibility index (Phi) is 4.83. The predicted molar refractivity (Wildman–Crippen MR) is 74.7 cm³/mol. The van der Waals surface area contributed by atoms with Crippen molar-refractivity contribution in [2.24, 2.45) is 0 Å². The molecule has 0 aliphatic rings. The van der Waals surface area contributed by atoms with E-state index in [1.165, 1.54) is 36.3 Å². The Balaban J connectivity index is 1.96. The van der Waals surface area contributed by atoms with Crippen molar-refractivity contribution < 1.29 is 19.1 Å². The summed E-state index contributed by atoms with van der Waals surface area (Å²) in [5, 5.41) is 11.3. The number of carboxylic acid groups (broad SMARTS) is 1. The van der Waals surface area contributed by atoms with Gasteiger partial charge in [-0.25, -0.2) is 19.2 Å². The largest absolute Gasteiger partial charge is 0.476 e. The topological polar surface area (TPSA) is 92.2 Å². The number of rotatable bonds is 5. The number of carbonyl (C=O) groups is 2. The third-order valence-electron chi connectivity index (χ3n) is 2.34. The molecule has 2 aromatic rings. The van der Waals surface area contributed by atoms with Crippen LogP contribution in [-0.4, -0.2) is 32.7 Å². The maximum atomic E-state index is 12.7. The van der Waals surface area contributed by atoms with Gasteiger partial charge in [0.25, 0.3) is 0 Å². The molecule has 0 bridgehead atoms. The van der Waals surface area contributed by atoms with Crippen LogP contribution in [0.2, 0.25) is 0 Å². The number of halogens is 1. The van der Waals surface area contributed by atoms with Gasteiger partial charge in [0.2, 0.25) is 5.91 Å². The summed E-state index contributed by atoms with van der Waals surface area (Å²) in [5.74, 6) is -2.11. The number of carboxylic acids is 1. The second kappa shape index (κ2) is 6.80. The van der Waals surface area contributed by atoms with Crippen molar-refractivity contribution in [2.75, 3.05) is 11.1 Å². The van der Waals surface area contributed by atoms with Crippen LogP contribution in [0.25, 0.3) is 0 Å². The number of anilines is 1. The van der Waals surface area contributed by atoms with E-state index in [1.54, 1.807) is 12.1 Å². The van der Waals surface area contributed by atoms with Crippen molar-refractivity contribution in [1.29, 1.82) is 0 Å². The number of nitrogens with zero attached hydrogens (tertiary/aromatic N) is 2. The number of hydrogen-bond acceptors (Lipinski definition) is 5. The lowest BCUT2D eigenvalue weighted by Crippen LogP contribution is -2.18. The number of benzene rings is 1. The summed E-state index contributed by atoms with van der Waals surface area (Å²) >= 11 is 1.20. The number of aromatic nitrogens is 2. The molecule has 6 nitrogen and oxygen atoms in total. The minimum Gasteiger partial charge on any atom is -0.476 e. The highest BCUT2D eigenvalue weighted by molar-refractivity contribution is 8.00.